The van der Waals surface area contributed by atoms with Crippen molar-refractivity contribution in [3.63, 3.8) is 0 Å². The van der Waals surface area contributed by atoms with Crippen molar-refractivity contribution in [1.29, 1.82) is 0 Å². The first-order valence-electron chi connectivity index (χ1n) is 10.6. The Labute approximate surface area is 186 Å². The third-order valence-electron chi connectivity index (χ3n) is 4.60. The zero-order valence-electron chi connectivity index (χ0n) is 19.2. The molecule has 4 amide bonds. The molecule has 0 aromatic carbocycles. The number of carbonyl (C=O) groups excluding carboxylic acids is 4. The van der Waals surface area contributed by atoms with E-state index in [1.165, 1.54) is 0 Å². The van der Waals surface area contributed by atoms with Crippen LogP contribution in [0.5, 0.6) is 0 Å². The van der Waals surface area contributed by atoms with E-state index in [2.05, 4.69) is 16.0 Å². The van der Waals surface area contributed by atoms with E-state index in [-0.39, 0.29) is 13.0 Å². The number of hydrogen-bond acceptors (Lipinski definition) is 6. The number of nitrogens with one attached hydrogen (secondary N) is 3. The van der Waals surface area contributed by atoms with Crippen molar-refractivity contribution in [1.82, 2.24) is 20.9 Å². The monoisotopic (exact) mass is 464 g/mol. The molecule has 1 saturated heterocycles. The van der Waals surface area contributed by atoms with E-state index in [1.54, 1.807) is 34.6 Å². The van der Waals surface area contributed by atoms with E-state index in [0.29, 0.717) is 11.3 Å². The van der Waals surface area contributed by atoms with E-state index < -0.39 is 73.0 Å². The van der Waals surface area contributed by atoms with Gasteiger partial charge in [0.2, 0.25) is 11.8 Å². The normalized spacial score (nSPS) is 19.6. The summed E-state index contributed by atoms with van der Waals surface area (Å²) in [5.74, 6) is -5.79. The lowest BCUT2D eigenvalue weighted by atomic mass is 10.0. The summed E-state index contributed by atoms with van der Waals surface area (Å²) in [6.07, 6.45) is -2.65. The molecule has 1 aliphatic rings. The molecular weight excluding hydrogens is 430 g/mol. The maximum absolute atomic E-state index is 14.1. The summed E-state index contributed by atoms with van der Waals surface area (Å²) in [7, 11) is 0. The van der Waals surface area contributed by atoms with Gasteiger partial charge in [0, 0.05) is 13.0 Å². The van der Waals surface area contributed by atoms with Crippen molar-refractivity contribution in [2.75, 3.05) is 19.6 Å². The Kier molecular flexibility index (Phi) is 9.80. The summed E-state index contributed by atoms with van der Waals surface area (Å²) in [6, 6.07) is -2.52. The first-order chi connectivity index (χ1) is 14.7. The van der Waals surface area contributed by atoms with E-state index in [0.717, 1.165) is 0 Å². The molecule has 4 N–H and O–H groups in total. The number of carbonyl (C=O) groups is 4. The molecular formula is C20H34F2N4O6. The van der Waals surface area contributed by atoms with Gasteiger partial charge in [0.15, 0.2) is 6.10 Å². The topological polar surface area (TPSA) is 137 Å². The minimum atomic E-state index is -3.30. The van der Waals surface area contributed by atoms with Crippen LogP contribution in [-0.4, -0.2) is 83.2 Å². The minimum Gasteiger partial charge on any atom is -0.444 e. The molecule has 0 aliphatic carbocycles. The Morgan fingerprint density at radius 2 is 1.81 bits per heavy atom. The Hall–Kier alpha value is -2.50. The quantitative estimate of drug-likeness (QED) is 0.393. The molecule has 184 valence electrons. The van der Waals surface area contributed by atoms with Gasteiger partial charge in [-0.3, -0.25) is 14.4 Å². The van der Waals surface area contributed by atoms with Gasteiger partial charge in [-0.2, -0.15) is 0 Å². The second-order valence-electron chi connectivity index (χ2n) is 8.70. The molecule has 0 aromatic rings. The number of amides is 4. The van der Waals surface area contributed by atoms with Crippen molar-refractivity contribution < 1.29 is 37.8 Å². The third kappa shape index (κ3) is 8.56. The van der Waals surface area contributed by atoms with Crippen molar-refractivity contribution in [3.8, 4) is 0 Å². The largest absolute Gasteiger partial charge is 0.444 e. The molecule has 0 saturated carbocycles. The maximum Gasteiger partial charge on any atom is 0.408 e. The molecule has 3 unspecified atom stereocenters. The van der Waals surface area contributed by atoms with Crippen LogP contribution in [0.15, 0.2) is 0 Å². The first-order valence-corrected chi connectivity index (χ1v) is 10.6. The molecule has 3 atom stereocenters. The first kappa shape index (κ1) is 27.5. The predicted octanol–water partition coefficient (Wildman–Crippen LogP) is 0.529. The summed E-state index contributed by atoms with van der Waals surface area (Å²) < 4.78 is 33.1. The maximum atomic E-state index is 14.1. The fourth-order valence-corrected chi connectivity index (χ4v) is 3.24. The van der Waals surface area contributed by atoms with Crippen LogP contribution in [0.4, 0.5) is 13.6 Å². The number of alkyl halides is 2. The van der Waals surface area contributed by atoms with E-state index >= 15 is 0 Å². The summed E-state index contributed by atoms with van der Waals surface area (Å²) in [5.41, 5.74) is -0.810. The van der Waals surface area contributed by atoms with Crippen LogP contribution in [0.25, 0.3) is 0 Å². The summed E-state index contributed by atoms with van der Waals surface area (Å²) in [5, 5.41) is 17.3. The lowest BCUT2D eigenvalue weighted by Gasteiger charge is -2.28. The Morgan fingerprint density at radius 3 is 2.34 bits per heavy atom. The molecule has 1 fully saturated rings. The summed E-state index contributed by atoms with van der Waals surface area (Å²) >= 11 is 0. The molecule has 1 rings (SSSR count). The molecule has 1 heterocycles. The van der Waals surface area contributed by atoms with Gasteiger partial charge in [-0.25, -0.2) is 13.6 Å². The average molecular weight is 465 g/mol. The number of aliphatic hydroxyl groups is 1. The summed E-state index contributed by atoms with van der Waals surface area (Å²) in [6.45, 7) is 6.95. The number of likely N-dealkylation sites (N-methyl/N-ethyl adjacent to an activating group) is 1. The number of hydrogen-bond donors (Lipinski definition) is 4. The van der Waals surface area contributed by atoms with Gasteiger partial charge >= 0.3 is 6.09 Å². The Morgan fingerprint density at radius 1 is 1.19 bits per heavy atom. The highest BCUT2D eigenvalue weighted by molar-refractivity contribution is 5.91. The number of nitrogens with zero attached hydrogens (tertiary/aromatic N) is 1. The number of likely N-dealkylation sites (tertiary alicyclic amines) is 1. The number of halogens is 2. The fraction of sp³-hybridized carbons (Fsp3) is 0.800. The van der Waals surface area contributed by atoms with E-state index in [9.17, 15) is 33.1 Å². The van der Waals surface area contributed by atoms with Crippen LogP contribution in [-0.2, 0) is 19.1 Å². The van der Waals surface area contributed by atoms with Gasteiger partial charge in [-0.15, -0.1) is 0 Å². The predicted molar refractivity (Wildman–Crippen MR) is 111 cm³/mol. The SMILES string of the molecule is CCCC(NC(=O)C1CC(F)(F)CN1C(=O)CNC(=O)OC(C)(C)C)C(O)C(=O)NCC. The molecule has 0 spiro atoms. The minimum absolute atomic E-state index is 0.224. The van der Waals surface area contributed by atoms with E-state index in [1.807, 2.05) is 0 Å². The second-order valence-corrected chi connectivity index (χ2v) is 8.70. The van der Waals surface area contributed by atoms with Crippen LogP contribution in [0.1, 0.15) is 53.9 Å². The smallest absolute Gasteiger partial charge is 0.408 e. The van der Waals surface area contributed by atoms with Crippen molar-refractivity contribution in [2.24, 2.45) is 0 Å². The third-order valence-corrected chi connectivity index (χ3v) is 4.60. The zero-order chi connectivity index (χ0) is 24.7. The van der Waals surface area contributed by atoms with Crippen molar-refractivity contribution >= 4 is 23.8 Å². The Balaban J connectivity index is 2.87. The zero-order valence-corrected chi connectivity index (χ0v) is 19.2. The fourth-order valence-electron chi connectivity index (χ4n) is 3.24. The second kappa shape index (κ2) is 11.4. The van der Waals surface area contributed by atoms with Crippen LogP contribution < -0.4 is 16.0 Å². The van der Waals surface area contributed by atoms with Crippen LogP contribution in [0.3, 0.4) is 0 Å². The highest BCUT2D eigenvalue weighted by Crippen LogP contribution is 2.32. The van der Waals surface area contributed by atoms with Gasteiger partial charge in [0.05, 0.1) is 12.6 Å². The number of ether oxygens (including phenoxy) is 1. The lowest BCUT2D eigenvalue weighted by Crippen LogP contribution is -2.55. The number of alkyl carbamates (subject to hydrolysis) is 1. The number of rotatable bonds is 9. The van der Waals surface area contributed by atoms with Gasteiger partial charge in [-0.1, -0.05) is 13.3 Å². The van der Waals surface area contributed by atoms with Crippen LogP contribution in [0, 0.1) is 0 Å². The van der Waals surface area contributed by atoms with Gasteiger partial charge in [0.1, 0.15) is 18.2 Å². The highest BCUT2D eigenvalue weighted by Gasteiger charge is 2.50. The molecule has 1 aliphatic heterocycles. The van der Waals surface area contributed by atoms with Gasteiger partial charge in [0.25, 0.3) is 11.8 Å². The molecule has 0 bridgehead atoms. The Bertz CT molecular complexity index is 698. The van der Waals surface area contributed by atoms with Crippen LogP contribution in [0.2, 0.25) is 0 Å². The van der Waals surface area contributed by atoms with Crippen molar-refractivity contribution in [3.05, 3.63) is 0 Å². The van der Waals surface area contributed by atoms with Crippen LogP contribution >= 0.6 is 0 Å². The standard InChI is InChI=1S/C20H34F2N4O6/c1-6-8-12(15(28)17(30)23-7-2)25-16(29)13-9-20(21,22)11-26(13)14(27)10-24-18(31)32-19(3,4)5/h12-13,15,28H,6-11H2,1-5H3,(H,23,30)(H,24,31)(H,25,29). The van der Waals surface area contributed by atoms with Crippen molar-refractivity contribution in [2.45, 2.75) is 83.6 Å². The highest BCUT2D eigenvalue weighted by atomic mass is 19.3. The lowest BCUT2D eigenvalue weighted by molar-refractivity contribution is -0.139. The number of aliphatic hydroxyl groups excluding tert-OH is 1. The molecule has 0 radical (unpaired) electrons. The summed E-state index contributed by atoms with van der Waals surface area (Å²) in [4.78, 5) is 49.6. The van der Waals surface area contributed by atoms with Gasteiger partial charge in [-0.05, 0) is 34.1 Å². The average Bonchev–Trinajstić information content (AvgIpc) is 2.99. The van der Waals surface area contributed by atoms with Gasteiger partial charge < -0.3 is 30.7 Å². The molecule has 0 aromatic heterocycles. The molecule has 10 nitrogen and oxygen atoms in total. The van der Waals surface area contributed by atoms with E-state index in [4.69, 9.17) is 4.74 Å². The molecule has 32 heavy (non-hydrogen) atoms. The molecule has 12 heteroatoms.